The summed E-state index contributed by atoms with van der Waals surface area (Å²) in [5, 5.41) is 22.3. The predicted molar refractivity (Wildman–Crippen MR) is 220 cm³/mol. The lowest BCUT2D eigenvalue weighted by atomic mass is 9.33. The molecule has 10 nitrogen and oxygen atoms in total. The van der Waals surface area contributed by atoms with Crippen LogP contribution in [0.2, 0.25) is 0 Å². The van der Waals surface area contributed by atoms with Gasteiger partial charge in [-0.05, 0) is 142 Å². The normalized spacial score (nSPS) is 35.2. The second-order valence-electron chi connectivity index (χ2n) is 21.4. The minimum Gasteiger partial charge on any atom is -0.481 e. The van der Waals surface area contributed by atoms with Gasteiger partial charge in [0, 0.05) is 42.7 Å². The van der Waals surface area contributed by atoms with Crippen LogP contribution in [0.1, 0.15) is 132 Å². The molecule has 10 heteroatoms. The maximum Gasteiger partial charge on any atom is 0.309 e. The molecule has 316 valence electrons. The number of aliphatic hydroxyl groups excluding tert-OH is 1. The Morgan fingerprint density at radius 2 is 1.60 bits per heavy atom. The van der Waals surface area contributed by atoms with Gasteiger partial charge in [0.2, 0.25) is 5.91 Å². The Labute approximate surface area is 341 Å². The second kappa shape index (κ2) is 15.2. The van der Waals surface area contributed by atoms with Crippen molar-refractivity contribution in [2.75, 3.05) is 27.2 Å². The molecule has 57 heavy (non-hydrogen) atoms. The molecule has 9 atom stereocenters. The Hall–Kier alpha value is -3.11. The van der Waals surface area contributed by atoms with Gasteiger partial charge in [-0.1, -0.05) is 54.0 Å². The molecular formula is C47H71N3O7. The molecule has 0 spiro atoms. The number of allylic oxidation sites excluding steroid dienone is 1. The number of likely N-dealkylation sites (N-methyl/N-ethyl adjacent to an activating group) is 1. The average Bonchev–Trinajstić information content (AvgIpc) is 3.42. The zero-order chi connectivity index (χ0) is 42.1. The number of carbonyl (C=O) groups excluding carboxylic acids is 3. The minimum absolute atomic E-state index is 0.0147. The fraction of sp³-hybridized carbons (Fsp3) is 0.766. The molecule has 2 N–H and O–H groups in total. The number of ether oxygens (including phenoxy) is 1. The Morgan fingerprint density at radius 1 is 0.930 bits per heavy atom. The van der Waals surface area contributed by atoms with E-state index in [0.717, 1.165) is 56.1 Å². The van der Waals surface area contributed by atoms with Crippen LogP contribution in [0.15, 0.2) is 35.7 Å². The van der Waals surface area contributed by atoms with Gasteiger partial charge < -0.3 is 24.7 Å². The van der Waals surface area contributed by atoms with Crippen molar-refractivity contribution in [3.05, 3.63) is 41.2 Å². The quantitative estimate of drug-likeness (QED) is 0.204. The number of hydrogen-bond acceptors (Lipinski definition) is 8. The molecule has 4 fully saturated rings. The molecule has 1 aromatic heterocycles. The van der Waals surface area contributed by atoms with Crippen molar-refractivity contribution >= 4 is 23.6 Å². The lowest BCUT2D eigenvalue weighted by molar-refractivity contribution is -0.235. The molecule has 0 aromatic carbocycles. The number of ketones is 1. The van der Waals surface area contributed by atoms with Crippen molar-refractivity contribution < 1.29 is 34.1 Å². The van der Waals surface area contributed by atoms with Gasteiger partial charge in [-0.25, -0.2) is 0 Å². The summed E-state index contributed by atoms with van der Waals surface area (Å²) in [5.74, 6) is -0.384. The molecule has 6 rings (SSSR count). The van der Waals surface area contributed by atoms with Crippen molar-refractivity contribution in [2.45, 2.75) is 145 Å². The molecule has 2 unspecified atom stereocenters. The summed E-state index contributed by atoms with van der Waals surface area (Å²) in [5.41, 5.74) is 0.796. The third-order valence-electron chi connectivity index (χ3n) is 16.8. The summed E-state index contributed by atoms with van der Waals surface area (Å²) in [6, 6.07) is 3.82. The number of rotatable bonds is 12. The van der Waals surface area contributed by atoms with Gasteiger partial charge in [-0.15, -0.1) is 0 Å². The molecule has 0 saturated heterocycles. The van der Waals surface area contributed by atoms with E-state index >= 15 is 0 Å². The lowest BCUT2D eigenvalue weighted by Gasteiger charge is -2.72. The van der Waals surface area contributed by atoms with E-state index in [1.54, 1.807) is 31.1 Å². The van der Waals surface area contributed by atoms with E-state index in [9.17, 15) is 29.4 Å². The number of pyridine rings is 1. The number of carboxylic acids is 1. The molecule has 1 aromatic rings. The van der Waals surface area contributed by atoms with Crippen molar-refractivity contribution in [3.63, 3.8) is 0 Å². The molecule has 1 amide bonds. The van der Waals surface area contributed by atoms with Gasteiger partial charge in [0.25, 0.3) is 0 Å². The Kier molecular flexibility index (Phi) is 11.6. The molecular weight excluding hydrogens is 719 g/mol. The first kappa shape index (κ1) is 43.5. The Morgan fingerprint density at radius 3 is 2.21 bits per heavy atom. The fourth-order valence-electron chi connectivity index (χ4n) is 13.6. The van der Waals surface area contributed by atoms with E-state index in [2.05, 4.69) is 53.5 Å². The van der Waals surface area contributed by atoms with Gasteiger partial charge in [0.1, 0.15) is 6.10 Å². The number of carbonyl (C=O) groups is 4. The maximum absolute atomic E-state index is 14.3. The number of aromatic nitrogens is 1. The zero-order valence-corrected chi connectivity index (χ0v) is 36.7. The molecule has 1 heterocycles. The fourth-order valence-corrected chi connectivity index (χ4v) is 13.6. The van der Waals surface area contributed by atoms with E-state index in [0.29, 0.717) is 31.2 Å². The van der Waals surface area contributed by atoms with Gasteiger partial charge in [0.05, 0.1) is 24.5 Å². The van der Waals surface area contributed by atoms with Crippen LogP contribution in [0, 0.1) is 56.2 Å². The molecule has 4 saturated carbocycles. The number of aliphatic carboxylic acids is 1. The van der Waals surface area contributed by atoms with Gasteiger partial charge in [-0.2, -0.15) is 0 Å². The maximum atomic E-state index is 14.3. The highest BCUT2D eigenvalue weighted by Crippen LogP contribution is 2.77. The predicted octanol–water partition coefficient (Wildman–Crippen LogP) is 7.73. The molecule has 0 aliphatic heterocycles. The van der Waals surface area contributed by atoms with Crippen LogP contribution in [-0.4, -0.2) is 88.0 Å². The summed E-state index contributed by atoms with van der Waals surface area (Å²) in [6.45, 7) is 20.2. The molecule has 0 bridgehead atoms. The van der Waals surface area contributed by atoms with Crippen LogP contribution in [-0.2, 0) is 30.5 Å². The van der Waals surface area contributed by atoms with E-state index in [4.69, 9.17) is 4.74 Å². The van der Waals surface area contributed by atoms with Crippen LogP contribution < -0.4 is 0 Å². The topological polar surface area (TPSA) is 137 Å². The largest absolute Gasteiger partial charge is 0.481 e. The first-order chi connectivity index (χ1) is 26.4. The number of esters is 1. The third-order valence-corrected chi connectivity index (χ3v) is 16.8. The van der Waals surface area contributed by atoms with Gasteiger partial charge >= 0.3 is 11.9 Å². The van der Waals surface area contributed by atoms with Crippen LogP contribution >= 0.6 is 0 Å². The van der Waals surface area contributed by atoms with Crippen LogP contribution in [0.5, 0.6) is 0 Å². The van der Waals surface area contributed by atoms with Crippen molar-refractivity contribution in [1.82, 2.24) is 14.8 Å². The van der Waals surface area contributed by atoms with Crippen molar-refractivity contribution in [1.29, 1.82) is 0 Å². The first-order valence-electron chi connectivity index (χ1n) is 21.6. The van der Waals surface area contributed by atoms with E-state index in [-0.39, 0.29) is 70.8 Å². The average molecular weight is 790 g/mol. The van der Waals surface area contributed by atoms with Crippen LogP contribution in [0.25, 0.3) is 0 Å². The number of aliphatic hydroxyl groups is 1. The van der Waals surface area contributed by atoms with Crippen molar-refractivity contribution in [3.8, 4) is 0 Å². The summed E-state index contributed by atoms with van der Waals surface area (Å²) in [7, 11) is 3.76. The van der Waals surface area contributed by atoms with E-state index in [1.807, 2.05) is 31.1 Å². The molecule has 5 aliphatic carbocycles. The SMILES string of the molecule is CC(C)C1=C2[C@H]3CC[C@@H]4[C@@]5(C)CC[C@H](OC(=O)CC(C)(C)C(=O)O)C(C)(C)[C@@H]5CC[C@@]4(C)[C@]3(C)CCC2(C(O)CN(Cc2ccncc2)C(=O)CN(C)C)CC1=O. The second-order valence-corrected chi connectivity index (χ2v) is 21.4. The minimum atomic E-state index is -1.18. The highest BCUT2D eigenvalue weighted by molar-refractivity contribution is 6.00. The smallest absolute Gasteiger partial charge is 0.309 e. The number of fused-ring (bicyclic) bond motifs is 7. The van der Waals surface area contributed by atoms with E-state index < -0.39 is 28.9 Å². The molecule has 0 radical (unpaired) electrons. The summed E-state index contributed by atoms with van der Waals surface area (Å²) >= 11 is 0. The monoisotopic (exact) mass is 790 g/mol. The van der Waals surface area contributed by atoms with Crippen LogP contribution in [0.3, 0.4) is 0 Å². The standard InChI is InChI=1S/C47H71N3O7/c1-29(2)39-32(51)24-47(35(52)27-50(37(53)28-49(10)11)26-30-16-22-48-23-17-30)21-20-45(8)31(40(39)47)12-13-34-44(7)18-15-36(57-38(54)25-42(3,4)41(55)56)43(5,6)33(44)14-19-46(34,45)9/h16-17,22-23,29,31,33-36,52H,12-15,18-21,24-28H2,1-11H3,(H,55,56)/t31-,33+,34-,35?,36+,44+,45-,46-,47?/m1/s1. The highest BCUT2D eigenvalue weighted by Gasteiger charge is 2.71. The number of Topliss-reactive ketones (excluding diaryl/α,β-unsaturated/α-hetero) is 1. The number of hydrogen-bond donors (Lipinski definition) is 2. The lowest BCUT2D eigenvalue weighted by Crippen LogP contribution is -2.66. The number of carboxylic acid groups (broad SMARTS) is 1. The summed E-state index contributed by atoms with van der Waals surface area (Å²) in [4.78, 5) is 60.8. The summed E-state index contributed by atoms with van der Waals surface area (Å²) in [6.07, 6.45) is 9.78. The van der Waals surface area contributed by atoms with Gasteiger partial charge in [-0.3, -0.25) is 24.2 Å². The van der Waals surface area contributed by atoms with Crippen molar-refractivity contribution in [2.24, 2.45) is 56.2 Å². The molecule has 5 aliphatic rings. The van der Waals surface area contributed by atoms with Gasteiger partial charge in [0.15, 0.2) is 5.78 Å². The highest BCUT2D eigenvalue weighted by atomic mass is 16.5. The number of amides is 1. The Bertz CT molecular complexity index is 1770. The first-order valence-corrected chi connectivity index (χ1v) is 21.6. The third kappa shape index (κ3) is 7.20. The zero-order valence-electron chi connectivity index (χ0n) is 36.7. The van der Waals surface area contributed by atoms with Crippen LogP contribution in [0.4, 0.5) is 0 Å². The van der Waals surface area contributed by atoms with E-state index in [1.165, 1.54) is 5.57 Å². The Balaban J connectivity index is 1.30. The number of nitrogens with zero attached hydrogens (tertiary/aromatic N) is 3. The summed E-state index contributed by atoms with van der Waals surface area (Å²) < 4.78 is 6.18.